The minimum absolute atomic E-state index is 0.0195. The van der Waals surface area contributed by atoms with E-state index in [1.807, 2.05) is 115 Å². The second kappa shape index (κ2) is 16.0. The molecule has 0 aliphatic carbocycles. The van der Waals surface area contributed by atoms with Crippen LogP contribution in [0.3, 0.4) is 0 Å². The molecule has 0 aliphatic heterocycles. The number of pyridine rings is 1. The molecule has 0 amide bonds. The van der Waals surface area contributed by atoms with Crippen LogP contribution in [0.4, 0.5) is 0 Å². The number of ether oxygens (including phenoxy) is 2. The molecular formula is C39H32ClN2O5S2-. The van der Waals surface area contributed by atoms with Crippen molar-refractivity contribution in [2.75, 3.05) is 13.2 Å². The van der Waals surface area contributed by atoms with E-state index < -0.39 is 15.9 Å². The zero-order valence-corrected chi connectivity index (χ0v) is 28.8. The van der Waals surface area contributed by atoms with Crippen molar-refractivity contribution in [2.24, 2.45) is 4.40 Å². The second-order valence-corrected chi connectivity index (χ2v) is 14.3. The number of sulfonamides is 1. The number of hydrogen-bond acceptors (Lipinski definition) is 7. The third kappa shape index (κ3) is 9.35. The highest BCUT2D eigenvalue weighted by molar-refractivity contribution is 7.92. The van der Waals surface area contributed by atoms with Gasteiger partial charge < -0.3 is 14.6 Å². The van der Waals surface area contributed by atoms with E-state index in [1.165, 1.54) is 6.07 Å². The minimum atomic E-state index is -3.98. The molecule has 0 saturated carbocycles. The quantitative estimate of drug-likeness (QED) is 0.0638. The lowest BCUT2D eigenvalue weighted by Crippen LogP contribution is -2.20. The predicted octanol–water partition coefficient (Wildman–Crippen LogP) is 8.72. The largest absolute Gasteiger partial charge is 0.861 e. The molecule has 0 unspecified atom stereocenters. The molecule has 0 radical (unpaired) electrons. The average Bonchev–Trinajstić information content (AvgIpc) is 3.67. The summed E-state index contributed by atoms with van der Waals surface area (Å²) in [6.07, 6.45) is 4.99. The molecule has 10 heteroatoms. The summed E-state index contributed by atoms with van der Waals surface area (Å²) in [7, 11) is -3.98. The number of rotatable bonds is 14. The van der Waals surface area contributed by atoms with Gasteiger partial charge in [-0.25, -0.2) is 4.98 Å². The van der Waals surface area contributed by atoms with Crippen LogP contribution in [0.25, 0.3) is 34.2 Å². The molecule has 6 aromatic rings. The van der Waals surface area contributed by atoms with Gasteiger partial charge in [-0.1, -0.05) is 84.4 Å². The molecular weight excluding hydrogens is 676 g/mol. The molecule has 7 nitrogen and oxygen atoms in total. The topological polar surface area (TPSA) is 101 Å². The first-order chi connectivity index (χ1) is 23.8. The molecule has 0 aliphatic rings. The van der Waals surface area contributed by atoms with Crippen LogP contribution < -0.4 is 14.6 Å². The molecule has 0 atom stereocenters. The average molecular weight is 708 g/mol. The fourth-order valence-electron chi connectivity index (χ4n) is 5.18. The van der Waals surface area contributed by atoms with Crippen molar-refractivity contribution in [3.8, 4) is 22.6 Å². The van der Waals surface area contributed by atoms with Gasteiger partial charge in [0.2, 0.25) is 0 Å². The number of fused-ring (bicyclic) bond motifs is 1. The Hall–Kier alpha value is -4.96. The van der Waals surface area contributed by atoms with Gasteiger partial charge in [0.25, 0.3) is 10.0 Å². The van der Waals surface area contributed by atoms with E-state index in [-0.39, 0.29) is 10.6 Å². The van der Waals surface area contributed by atoms with E-state index in [4.69, 9.17) is 21.1 Å². The van der Waals surface area contributed by atoms with Crippen LogP contribution in [0.1, 0.15) is 29.7 Å². The SMILES string of the molecule is O=S(=O)(/N=C(\[O-])CCc1ccccc1-c1cccc(OCCCOc2cccc(/C=C/c3ccc4ccc(Cl)cc4n3)c2)c1)c1cccs1. The van der Waals surface area contributed by atoms with E-state index in [0.29, 0.717) is 31.1 Å². The Kier molecular flexibility index (Phi) is 11.0. The van der Waals surface area contributed by atoms with Gasteiger partial charge in [0.1, 0.15) is 15.7 Å². The van der Waals surface area contributed by atoms with Crippen LogP contribution >= 0.6 is 22.9 Å². The Balaban J connectivity index is 0.999. The van der Waals surface area contributed by atoms with E-state index in [2.05, 4.69) is 9.38 Å². The number of benzene rings is 4. The predicted molar refractivity (Wildman–Crippen MR) is 197 cm³/mol. The lowest BCUT2D eigenvalue weighted by Gasteiger charge is -2.14. The molecule has 6 rings (SSSR count). The standard InChI is InChI=1S/C39H33ClN2O5S2/c40-32-18-15-30-16-20-33(41-37(30)27-32)19-14-28-7-3-10-34(25-28)46-22-6-23-47-35-11-4-9-31(26-35)36-12-2-1-8-29(36)17-21-38(43)42-49(44,45)39-13-5-24-48-39/h1-5,7-16,18-20,24-27H,6,17,21-23H2,(H,42,43)/p-1/b19-14+. The zero-order chi connectivity index (χ0) is 34.1. The first-order valence-electron chi connectivity index (χ1n) is 15.7. The van der Waals surface area contributed by atoms with Crippen molar-refractivity contribution >= 4 is 61.9 Å². The Bertz CT molecular complexity index is 2220. The lowest BCUT2D eigenvalue weighted by atomic mass is 9.96. The van der Waals surface area contributed by atoms with Gasteiger partial charge in [0.15, 0.2) is 0 Å². The summed E-state index contributed by atoms with van der Waals surface area (Å²) in [5.41, 5.74) is 5.50. The molecule has 2 heterocycles. The van der Waals surface area contributed by atoms with Gasteiger partial charge in [0, 0.05) is 16.8 Å². The maximum Gasteiger partial charge on any atom is 0.290 e. The Labute approximate surface area is 294 Å². The normalized spacial score (nSPS) is 12.1. The highest BCUT2D eigenvalue weighted by atomic mass is 35.5. The van der Waals surface area contributed by atoms with Crippen molar-refractivity contribution in [1.82, 2.24) is 4.98 Å². The third-order valence-electron chi connectivity index (χ3n) is 7.55. The van der Waals surface area contributed by atoms with Crippen molar-refractivity contribution in [3.63, 3.8) is 0 Å². The molecule has 0 spiro atoms. The summed E-state index contributed by atoms with van der Waals surface area (Å²) < 4.78 is 40.3. The number of aromatic nitrogens is 1. The highest BCUT2D eigenvalue weighted by Crippen LogP contribution is 2.28. The van der Waals surface area contributed by atoms with Crippen LogP contribution in [0, 0.1) is 0 Å². The monoisotopic (exact) mass is 707 g/mol. The van der Waals surface area contributed by atoms with Crippen LogP contribution in [0.2, 0.25) is 5.02 Å². The molecule has 49 heavy (non-hydrogen) atoms. The number of aryl methyl sites for hydroxylation is 1. The minimum Gasteiger partial charge on any atom is -0.861 e. The molecule has 2 aromatic heterocycles. The molecule has 0 fully saturated rings. The summed E-state index contributed by atoms with van der Waals surface area (Å²) in [5, 5.41) is 15.8. The van der Waals surface area contributed by atoms with Gasteiger partial charge in [-0.2, -0.15) is 12.8 Å². The maximum atomic E-state index is 12.5. The Morgan fingerprint density at radius 2 is 1.61 bits per heavy atom. The summed E-state index contributed by atoms with van der Waals surface area (Å²) >= 11 is 7.16. The van der Waals surface area contributed by atoms with Gasteiger partial charge in [-0.3, -0.25) is 0 Å². The number of nitrogens with zero attached hydrogens (tertiary/aromatic N) is 2. The maximum absolute atomic E-state index is 12.5. The van der Waals surface area contributed by atoms with Crippen molar-refractivity contribution in [2.45, 2.75) is 23.5 Å². The van der Waals surface area contributed by atoms with Gasteiger partial charge in [-0.15, -0.1) is 11.3 Å². The van der Waals surface area contributed by atoms with Gasteiger partial charge in [-0.05, 0) is 101 Å². The van der Waals surface area contributed by atoms with E-state index in [0.717, 1.165) is 61.7 Å². The smallest absolute Gasteiger partial charge is 0.290 e. The van der Waals surface area contributed by atoms with Crippen molar-refractivity contribution in [3.05, 3.63) is 142 Å². The lowest BCUT2D eigenvalue weighted by molar-refractivity contribution is -0.218. The van der Waals surface area contributed by atoms with Crippen LogP contribution in [-0.4, -0.2) is 32.5 Å². The number of thiophene rings is 1. The second-order valence-electron chi connectivity index (χ2n) is 11.1. The van der Waals surface area contributed by atoms with Gasteiger partial charge >= 0.3 is 0 Å². The van der Waals surface area contributed by atoms with Crippen LogP contribution in [0.5, 0.6) is 11.5 Å². The van der Waals surface area contributed by atoms with Gasteiger partial charge in [0.05, 0.1) is 24.4 Å². The first-order valence-corrected chi connectivity index (χ1v) is 18.3. The molecule has 0 N–H and O–H groups in total. The summed E-state index contributed by atoms with van der Waals surface area (Å²) in [6.45, 7) is 0.959. The molecule has 0 bridgehead atoms. The van der Waals surface area contributed by atoms with Crippen molar-refractivity contribution < 1.29 is 23.0 Å². The number of halogens is 1. The summed E-state index contributed by atoms with van der Waals surface area (Å²) in [5.74, 6) is 0.821. The Morgan fingerprint density at radius 1 is 0.837 bits per heavy atom. The first kappa shape index (κ1) is 33.9. The van der Waals surface area contributed by atoms with E-state index >= 15 is 0 Å². The number of hydrogen-bond donors (Lipinski definition) is 0. The fraction of sp³-hybridized carbons (Fsp3) is 0.128. The summed E-state index contributed by atoms with van der Waals surface area (Å²) in [4.78, 5) is 4.68. The summed E-state index contributed by atoms with van der Waals surface area (Å²) in [6, 6.07) is 36.1. The van der Waals surface area contributed by atoms with Crippen LogP contribution in [-0.2, 0) is 16.4 Å². The highest BCUT2D eigenvalue weighted by Gasteiger charge is 2.13. The van der Waals surface area contributed by atoms with Crippen molar-refractivity contribution in [1.29, 1.82) is 0 Å². The zero-order valence-electron chi connectivity index (χ0n) is 26.4. The third-order valence-corrected chi connectivity index (χ3v) is 10.5. The van der Waals surface area contributed by atoms with E-state index in [9.17, 15) is 13.5 Å². The fourth-order valence-corrected chi connectivity index (χ4v) is 7.26. The molecule has 248 valence electrons. The molecule has 0 saturated heterocycles. The Morgan fingerprint density at radius 3 is 2.43 bits per heavy atom. The van der Waals surface area contributed by atoms with E-state index in [1.54, 1.807) is 11.4 Å². The van der Waals surface area contributed by atoms with Crippen LogP contribution in [0.15, 0.2) is 129 Å². The molecule has 4 aromatic carbocycles.